The molecule has 0 amide bonds. The Morgan fingerprint density at radius 3 is 2.08 bits per heavy atom. The summed E-state index contributed by atoms with van der Waals surface area (Å²) < 4.78 is 5.62. The lowest BCUT2D eigenvalue weighted by molar-refractivity contribution is -0.155. The van der Waals surface area contributed by atoms with Gasteiger partial charge in [0, 0.05) is 11.0 Å². The van der Waals surface area contributed by atoms with E-state index in [0.717, 1.165) is 19.3 Å². The summed E-state index contributed by atoms with van der Waals surface area (Å²) >= 11 is 0. The van der Waals surface area contributed by atoms with Crippen molar-refractivity contribution in [1.82, 2.24) is 5.32 Å². The molecule has 0 aliphatic rings. The Balaban J connectivity index is 5.00. The Morgan fingerprint density at radius 2 is 1.67 bits per heavy atom. The van der Waals surface area contributed by atoms with E-state index in [1.807, 2.05) is 41.5 Å². The fourth-order valence-electron chi connectivity index (χ4n) is 2.46. The maximum atomic E-state index is 12.5. The van der Waals surface area contributed by atoms with Crippen LogP contribution in [0.2, 0.25) is 0 Å². The van der Waals surface area contributed by atoms with Gasteiger partial charge in [0.1, 0.15) is 18.2 Å². The van der Waals surface area contributed by atoms with Gasteiger partial charge in [-0.1, -0.05) is 20.8 Å². The van der Waals surface area contributed by atoms with Crippen LogP contribution in [0.5, 0.6) is 0 Å². The van der Waals surface area contributed by atoms with Crippen LogP contribution in [-0.4, -0.2) is 35.5 Å². The van der Waals surface area contributed by atoms with E-state index in [1.165, 1.54) is 0 Å². The van der Waals surface area contributed by atoms with Gasteiger partial charge in [-0.3, -0.25) is 14.9 Å². The molecule has 24 heavy (non-hydrogen) atoms. The van der Waals surface area contributed by atoms with Crippen LogP contribution in [0.25, 0.3) is 0 Å². The second kappa shape index (κ2) is 9.42. The normalized spacial score (nSPS) is 16.3. The summed E-state index contributed by atoms with van der Waals surface area (Å²) in [4.78, 5) is 24.9. The highest BCUT2D eigenvalue weighted by Gasteiger charge is 2.35. The molecule has 0 spiro atoms. The molecule has 3 N–H and O–H groups in total. The van der Waals surface area contributed by atoms with E-state index in [9.17, 15) is 9.59 Å². The number of nitrogens with one attached hydrogen (secondary N) is 1. The summed E-state index contributed by atoms with van der Waals surface area (Å²) in [6, 6.07) is -1.27. The number of nitrogens with two attached hydrogens (primary N) is 1. The van der Waals surface area contributed by atoms with Gasteiger partial charge in [0.25, 0.3) is 0 Å². The number of ether oxygens (including phenoxy) is 1. The summed E-state index contributed by atoms with van der Waals surface area (Å²) in [5.74, 6) is -0.465. The van der Waals surface area contributed by atoms with E-state index < -0.39 is 23.6 Å². The van der Waals surface area contributed by atoms with E-state index >= 15 is 0 Å². The zero-order chi connectivity index (χ0) is 19.1. The van der Waals surface area contributed by atoms with Crippen molar-refractivity contribution in [3.05, 3.63) is 6.92 Å². The summed E-state index contributed by atoms with van der Waals surface area (Å²) in [6.07, 6.45) is 2.53. The molecule has 0 aliphatic carbocycles. The van der Waals surface area contributed by atoms with Crippen LogP contribution in [-0.2, 0) is 14.3 Å². The third-order valence-corrected chi connectivity index (χ3v) is 3.70. The third kappa shape index (κ3) is 8.69. The molecule has 0 aliphatic heterocycles. The molecule has 0 heterocycles. The van der Waals surface area contributed by atoms with Crippen molar-refractivity contribution >= 4 is 11.8 Å². The highest BCUT2D eigenvalue weighted by atomic mass is 16.5. The first-order chi connectivity index (χ1) is 10.8. The molecule has 0 aromatic heterocycles. The summed E-state index contributed by atoms with van der Waals surface area (Å²) in [5, 5.41) is 3.18. The number of unbranched alkanes of at least 4 members (excludes halogenated alkanes) is 2. The molecule has 0 saturated carbocycles. The molecular weight excluding hydrogens is 304 g/mol. The van der Waals surface area contributed by atoms with Crippen LogP contribution in [0, 0.1) is 12.3 Å². The Morgan fingerprint density at radius 1 is 1.12 bits per heavy atom. The van der Waals surface area contributed by atoms with Crippen molar-refractivity contribution in [2.45, 2.75) is 97.9 Å². The van der Waals surface area contributed by atoms with Crippen molar-refractivity contribution in [2.24, 2.45) is 11.1 Å². The van der Waals surface area contributed by atoms with Gasteiger partial charge in [-0.15, -0.1) is 0 Å². The molecule has 3 unspecified atom stereocenters. The molecule has 0 radical (unpaired) electrons. The molecule has 3 atom stereocenters. The molecule has 0 saturated heterocycles. The average Bonchev–Trinajstić information content (AvgIpc) is 2.41. The van der Waals surface area contributed by atoms with Crippen LogP contribution in [0.1, 0.15) is 74.1 Å². The summed E-state index contributed by atoms with van der Waals surface area (Å²) in [6.45, 7) is 17.0. The van der Waals surface area contributed by atoms with Crippen LogP contribution in [0.4, 0.5) is 0 Å². The summed E-state index contributed by atoms with van der Waals surface area (Å²) in [7, 11) is 0. The number of esters is 1. The van der Waals surface area contributed by atoms with Crippen LogP contribution in [0.15, 0.2) is 0 Å². The number of rotatable bonds is 9. The summed E-state index contributed by atoms with van der Waals surface area (Å²) in [5.41, 5.74) is 5.38. The fraction of sp³-hybridized carbons (Fsp3) is 0.842. The van der Waals surface area contributed by atoms with Gasteiger partial charge in [-0.2, -0.15) is 0 Å². The van der Waals surface area contributed by atoms with Gasteiger partial charge < -0.3 is 10.5 Å². The zero-order valence-electron chi connectivity index (χ0n) is 16.6. The predicted molar refractivity (Wildman–Crippen MR) is 98.5 cm³/mol. The average molecular weight is 342 g/mol. The number of hydrogen-bond acceptors (Lipinski definition) is 5. The predicted octanol–water partition coefficient (Wildman–Crippen LogP) is 3.01. The molecule has 0 aromatic carbocycles. The topological polar surface area (TPSA) is 81.4 Å². The van der Waals surface area contributed by atoms with Gasteiger partial charge in [0.2, 0.25) is 0 Å². The van der Waals surface area contributed by atoms with Gasteiger partial charge in [0.15, 0.2) is 5.78 Å². The van der Waals surface area contributed by atoms with Crippen LogP contribution >= 0.6 is 0 Å². The number of ketones is 1. The Bertz CT molecular complexity index is 408. The van der Waals surface area contributed by atoms with Gasteiger partial charge >= 0.3 is 5.97 Å². The molecule has 5 nitrogen and oxygen atoms in total. The second-order valence-electron chi connectivity index (χ2n) is 8.58. The number of Topliss-reactive ketones (excluding diaryl/α,β-unsaturated/α-hetero) is 1. The maximum Gasteiger partial charge on any atom is 0.323 e. The Hall–Kier alpha value is -1.07. The van der Waals surface area contributed by atoms with Crippen molar-refractivity contribution < 1.29 is 14.3 Å². The van der Waals surface area contributed by atoms with Crippen molar-refractivity contribution in [3.63, 3.8) is 0 Å². The fourth-order valence-corrected chi connectivity index (χ4v) is 2.46. The number of hydrogen-bond donors (Lipinski definition) is 2. The standard InChI is InChI=1S/C19H37N2O3/c1-9-10-11-12-14(15(20)16(22)18(3,4)5)24-17(23)13(2)21-19(6,7)8/h13-15,21H,1,9-12,20H2,2-8H3/q+1. The quantitative estimate of drug-likeness (QED) is 0.383. The monoisotopic (exact) mass is 341 g/mol. The number of carbonyl (C=O) groups is 2. The third-order valence-electron chi connectivity index (χ3n) is 3.70. The molecule has 0 rings (SSSR count). The lowest BCUT2D eigenvalue weighted by atomic mass is 9.84. The van der Waals surface area contributed by atoms with E-state index in [0.29, 0.717) is 6.42 Å². The van der Waals surface area contributed by atoms with E-state index in [-0.39, 0.29) is 17.3 Å². The zero-order valence-corrected chi connectivity index (χ0v) is 16.6. The first kappa shape index (κ1) is 22.9. The smallest absolute Gasteiger partial charge is 0.323 e. The minimum absolute atomic E-state index is 0.0913. The Kier molecular flexibility index (Phi) is 9.00. The SMILES string of the molecule is [CH2+]CCCCC(OC(=O)C(C)NC(C)(C)C)C(N)C(=O)C(C)(C)C. The number of carbonyl (C=O) groups excluding carboxylic acids is 2. The molecule has 0 aromatic rings. The molecule has 5 heteroatoms. The first-order valence-electron chi connectivity index (χ1n) is 8.87. The van der Waals surface area contributed by atoms with Gasteiger partial charge in [-0.25, -0.2) is 0 Å². The molecule has 140 valence electrons. The van der Waals surface area contributed by atoms with Crippen molar-refractivity contribution in [1.29, 1.82) is 0 Å². The maximum absolute atomic E-state index is 12.5. The van der Waals surface area contributed by atoms with Gasteiger partial charge in [0.05, 0.1) is 13.3 Å². The van der Waals surface area contributed by atoms with Crippen LogP contribution in [0.3, 0.4) is 0 Å². The lowest BCUT2D eigenvalue weighted by Gasteiger charge is -2.30. The molecule has 0 bridgehead atoms. The lowest BCUT2D eigenvalue weighted by Crippen LogP contribution is -2.52. The van der Waals surface area contributed by atoms with E-state index in [2.05, 4.69) is 12.2 Å². The van der Waals surface area contributed by atoms with Crippen molar-refractivity contribution in [2.75, 3.05) is 0 Å². The van der Waals surface area contributed by atoms with E-state index in [4.69, 9.17) is 10.5 Å². The van der Waals surface area contributed by atoms with Gasteiger partial charge in [-0.05, 0) is 47.0 Å². The Labute approximate surface area is 148 Å². The minimum Gasteiger partial charge on any atom is -0.459 e. The molecular formula is C19H37N2O3+. The van der Waals surface area contributed by atoms with Crippen LogP contribution < -0.4 is 11.1 Å². The largest absolute Gasteiger partial charge is 0.459 e. The van der Waals surface area contributed by atoms with E-state index in [1.54, 1.807) is 6.92 Å². The molecule has 0 fully saturated rings. The minimum atomic E-state index is -0.805. The first-order valence-corrected chi connectivity index (χ1v) is 8.87. The second-order valence-corrected chi connectivity index (χ2v) is 8.58. The highest BCUT2D eigenvalue weighted by Crippen LogP contribution is 2.21. The highest BCUT2D eigenvalue weighted by molar-refractivity contribution is 5.89. The van der Waals surface area contributed by atoms with Crippen molar-refractivity contribution in [3.8, 4) is 0 Å².